The molecule has 0 radical (unpaired) electrons. The molecule has 2 fully saturated rings. The molecule has 0 N–H and O–H groups in total. The minimum atomic E-state index is 0.641. The van der Waals surface area contributed by atoms with Gasteiger partial charge in [0.25, 0.3) is 0 Å². The highest BCUT2D eigenvalue weighted by Crippen LogP contribution is 2.26. The molecule has 0 unspecified atom stereocenters. The van der Waals surface area contributed by atoms with Crippen molar-refractivity contribution in [1.29, 1.82) is 0 Å². The summed E-state index contributed by atoms with van der Waals surface area (Å²) >= 11 is 0. The average molecular weight is 288 g/mol. The summed E-state index contributed by atoms with van der Waals surface area (Å²) in [5.41, 5.74) is 1.10. The molecule has 1 atom stereocenters. The quantitative estimate of drug-likeness (QED) is 0.853. The first-order chi connectivity index (χ1) is 10.3. The number of rotatable bonds is 4. The monoisotopic (exact) mass is 288 g/mol. The first-order valence-corrected chi connectivity index (χ1v) is 8.60. The van der Waals surface area contributed by atoms with Crippen LogP contribution in [-0.2, 0) is 6.42 Å². The average Bonchev–Trinajstić information content (AvgIpc) is 2.96. The smallest absolute Gasteiger partial charge is 0.132 e. The van der Waals surface area contributed by atoms with Gasteiger partial charge in [-0.2, -0.15) is 0 Å². The molecule has 0 saturated carbocycles. The SMILES string of the molecule is CCc1nc(C)cc(N2CCC[C@H]2CN2CCCCC2)n1. The minimum Gasteiger partial charge on any atom is -0.352 e. The van der Waals surface area contributed by atoms with Crippen molar-refractivity contribution in [3.8, 4) is 0 Å². The topological polar surface area (TPSA) is 32.3 Å². The van der Waals surface area contributed by atoms with Crippen LogP contribution in [0.25, 0.3) is 0 Å². The molecular formula is C17H28N4. The van der Waals surface area contributed by atoms with Gasteiger partial charge >= 0.3 is 0 Å². The molecule has 1 aromatic rings. The van der Waals surface area contributed by atoms with Crippen molar-refractivity contribution in [2.24, 2.45) is 0 Å². The van der Waals surface area contributed by atoms with Crippen LogP contribution in [0.3, 0.4) is 0 Å². The van der Waals surface area contributed by atoms with Crippen molar-refractivity contribution in [3.05, 3.63) is 17.6 Å². The Hall–Kier alpha value is -1.16. The molecule has 2 saturated heterocycles. The van der Waals surface area contributed by atoms with E-state index in [1.807, 2.05) is 0 Å². The zero-order valence-corrected chi connectivity index (χ0v) is 13.5. The molecule has 0 amide bonds. The van der Waals surface area contributed by atoms with Crippen molar-refractivity contribution in [1.82, 2.24) is 14.9 Å². The molecule has 116 valence electrons. The molecule has 2 aliphatic rings. The molecule has 4 heteroatoms. The van der Waals surface area contributed by atoms with Gasteiger partial charge in [0.05, 0.1) is 0 Å². The third kappa shape index (κ3) is 3.54. The van der Waals surface area contributed by atoms with E-state index in [-0.39, 0.29) is 0 Å². The van der Waals surface area contributed by atoms with E-state index in [0.29, 0.717) is 6.04 Å². The Balaban J connectivity index is 1.72. The van der Waals surface area contributed by atoms with E-state index in [0.717, 1.165) is 30.3 Å². The largest absolute Gasteiger partial charge is 0.352 e. The predicted octanol–water partition coefficient (Wildman–Crippen LogP) is 2.80. The summed E-state index contributed by atoms with van der Waals surface area (Å²) < 4.78 is 0. The van der Waals surface area contributed by atoms with Crippen LogP contribution in [0.4, 0.5) is 5.82 Å². The number of anilines is 1. The van der Waals surface area contributed by atoms with E-state index in [2.05, 4.69) is 34.7 Å². The Morgan fingerprint density at radius 3 is 2.67 bits per heavy atom. The maximum absolute atomic E-state index is 4.77. The fourth-order valence-electron chi connectivity index (χ4n) is 3.68. The predicted molar refractivity (Wildman–Crippen MR) is 86.8 cm³/mol. The summed E-state index contributed by atoms with van der Waals surface area (Å²) in [6.07, 6.45) is 7.68. The number of piperidine rings is 1. The van der Waals surface area contributed by atoms with Crippen molar-refractivity contribution in [2.45, 2.75) is 58.4 Å². The summed E-state index contributed by atoms with van der Waals surface area (Å²) in [4.78, 5) is 14.5. The van der Waals surface area contributed by atoms with Crippen LogP contribution in [-0.4, -0.2) is 47.1 Å². The van der Waals surface area contributed by atoms with Crippen molar-refractivity contribution < 1.29 is 0 Å². The van der Waals surface area contributed by atoms with Gasteiger partial charge in [0.1, 0.15) is 11.6 Å². The van der Waals surface area contributed by atoms with E-state index >= 15 is 0 Å². The highest BCUT2D eigenvalue weighted by atomic mass is 15.3. The molecule has 2 aliphatic heterocycles. The summed E-state index contributed by atoms with van der Waals surface area (Å²) in [6.45, 7) is 9.15. The Labute approximate surface area is 128 Å². The second kappa shape index (κ2) is 6.73. The molecule has 0 aromatic carbocycles. The molecule has 1 aromatic heterocycles. The van der Waals surface area contributed by atoms with E-state index in [1.165, 1.54) is 51.7 Å². The molecule has 4 nitrogen and oxygen atoms in total. The third-order valence-corrected chi connectivity index (χ3v) is 4.79. The summed E-state index contributed by atoms with van der Waals surface area (Å²) in [6, 6.07) is 2.80. The van der Waals surface area contributed by atoms with Crippen LogP contribution in [0, 0.1) is 6.92 Å². The number of hydrogen-bond acceptors (Lipinski definition) is 4. The molecule has 0 spiro atoms. The lowest BCUT2D eigenvalue weighted by Crippen LogP contribution is -2.42. The lowest BCUT2D eigenvalue weighted by molar-refractivity contribution is 0.216. The van der Waals surface area contributed by atoms with Crippen molar-refractivity contribution in [3.63, 3.8) is 0 Å². The van der Waals surface area contributed by atoms with E-state index in [1.54, 1.807) is 0 Å². The first-order valence-electron chi connectivity index (χ1n) is 8.60. The van der Waals surface area contributed by atoms with Gasteiger partial charge < -0.3 is 9.80 Å². The normalized spacial score (nSPS) is 23.7. The molecule has 21 heavy (non-hydrogen) atoms. The Bertz CT molecular complexity index is 468. The number of aromatic nitrogens is 2. The zero-order chi connectivity index (χ0) is 14.7. The molecule has 3 heterocycles. The van der Waals surface area contributed by atoms with Crippen LogP contribution in [0.5, 0.6) is 0 Å². The summed E-state index contributed by atoms with van der Waals surface area (Å²) in [5, 5.41) is 0. The maximum Gasteiger partial charge on any atom is 0.132 e. The molecular weight excluding hydrogens is 260 g/mol. The van der Waals surface area contributed by atoms with E-state index < -0.39 is 0 Å². The van der Waals surface area contributed by atoms with Gasteiger partial charge in [0.15, 0.2) is 0 Å². The highest BCUT2D eigenvalue weighted by Gasteiger charge is 2.28. The summed E-state index contributed by atoms with van der Waals surface area (Å²) in [7, 11) is 0. The van der Waals surface area contributed by atoms with Crippen LogP contribution < -0.4 is 4.90 Å². The van der Waals surface area contributed by atoms with Gasteiger partial charge in [-0.3, -0.25) is 0 Å². The Kier molecular flexibility index (Phi) is 4.73. The molecule has 0 aliphatic carbocycles. The van der Waals surface area contributed by atoms with Gasteiger partial charge in [-0.05, 0) is 45.7 Å². The van der Waals surface area contributed by atoms with Gasteiger partial charge in [-0.15, -0.1) is 0 Å². The number of aryl methyl sites for hydroxylation is 2. The standard InChI is InChI=1S/C17H28N4/c1-3-16-18-14(2)12-17(19-16)21-11-7-8-15(21)13-20-9-5-4-6-10-20/h12,15H,3-11,13H2,1-2H3/t15-/m0/s1. The number of nitrogens with zero attached hydrogens (tertiary/aromatic N) is 4. The van der Waals surface area contributed by atoms with Gasteiger partial charge in [-0.25, -0.2) is 9.97 Å². The van der Waals surface area contributed by atoms with Crippen LogP contribution >= 0.6 is 0 Å². The van der Waals surface area contributed by atoms with Crippen LogP contribution in [0.15, 0.2) is 6.07 Å². The van der Waals surface area contributed by atoms with E-state index in [4.69, 9.17) is 4.98 Å². The van der Waals surface area contributed by atoms with Crippen molar-refractivity contribution in [2.75, 3.05) is 31.1 Å². The number of hydrogen-bond donors (Lipinski definition) is 0. The van der Waals surface area contributed by atoms with Gasteiger partial charge in [0.2, 0.25) is 0 Å². The Morgan fingerprint density at radius 2 is 1.90 bits per heavy atom. The van der Waals surface area contributed by atoms with E-state index in [9.17, 15) is 0 Å². The second-order valence-electron chi connectivity index (χ2n) is 6.49. The van der Waals surface area contributed by atoms with Gasteiger partial charge in [0, 0.05) is 37.3 Å². The third-order valence-electron chi connectivity index (χ3n) is 4.79. The Morgan fingerprint density at radius 1 is 1.10 bits per heavy atom. The minimum absolute atomic E-state index is 0.641. The highest BCUT2D eigenvalue weighted by molar-refractivity contribution is 5.42. The number of likely N-dealkylation sites (tertiary alicyclic amines) is 1. The molecule has 3 rings (SSSR count). The van der Waals surface area contributed by atoms with Crippen LogP contribution in [0.2, 0.25) is 0 Å². The second-order valence-corrected chi connectivity index (χ2v) is 6.49. The zero-order valence-electron chi connectivity index (χ0n) is 13.5. The fraction of sp³-hybridized carbons (Fsp3) is 0.765. The first kappa shape index (κ1) is 14.8. The summed E-state index contributed by atoms with van der Waals surface area (Å²) in [5.74, 6) is 2.13. The van der Waals surface area contributed by atoms with Crippen molar-refractivity contribution >= 4 is 5.82 Å². The van der Waals surface area contributed by atoms with Crippen LogP contribution in [0.1, 0.15) is 50.5 Å². The lowest BCUT2D eigenvalue weighted by Gasteiger charge is -2.33. The van der Waals surface area contributed by atoms with Gasteiger partial charge in [-0.1, -0.05) is 13.3 Å². The molecule has 0 bridgehead atoms. The maximum atomic E-state index is 4.77. The lowest BCUT2D eigenvalue weighted by atomic mass is 10.1. The fourth-order valence-corrected chi connectivity index (χ4v) is 3.68.